The Morgan fingerprint density at radius 1 is 1.36 bits per heavy atom. The minimum Gasteiger partial charge on any atom is -0.493 e. The van der Waals surface area contributed by atoms with Gasteiger partial charge in [-0.25, -0.2) is 0 Å². The minimum absolute atomic E-state index is 0.828. The van der Waals surface area contributed by atoms with E-state index < -0.39 is 0 Å². The first-order valence-electron chi connectivity index (χ1n) is 3.87. The average Bonchev–Trinajstić information content (AvgIpc) is 2.04. The lowest BCUT2D eigenvalue weighted by molar-refractivity contribution is 0.288. The molecule has 1 nitrogen and oxygen atoms in total. The Hall–Kier alpha value is -0.915. The Morgan fingerprint density at radius 2 is 2.27 bits per heavy atom. The van der Waals surface area contributed by atoms with Gasteiger partial charge < -0.3 is 4.74 Å². The predicted octanol–water partition coefficient (Wildman–Crippen LogP) is 0.805. The highest BCUT2D eigenvalue weighted by Gasteiger charge is 2.08. The fourth-order valence-electron chi connectivity index (χ4n) is 1.38. The summed E-state index contributed by atoms with van der Waals surface area (Å²) in [6.07, 6.45) is 2.21. The van der Waals surface area contributed by atoms with E-state index in [1.54, 1.807) is 0 Å². The van der Waals surface area contributed by atoms with Crippen LogP contribution in [0.2, 0.25) is 0 Å². The summed E-state index contributed by atoms with van der Waals surface area (Å²) in [5, 5.41) is 0. The van der Waals surface area contributed by atoms with Gasteiger partial charge in [0.05, 0.1) is 6.61 Å². The van der Waals surface area contributed by atoms with Crippen LogP contribution in [0.5, 0.6) is 5.75 Å². The van der Waals surface area contributed by atoms with Gasteiger partial charge in [0.2, 0.25) is 0 Å². The van der Waals surface area contributed by atoms with Gasteiger partial charge in [-0.1, -0.05) is 17.6 Å². The van der Waals surface area contributed by atoms with Crippen LogP contribution in [-0.4, -0.2) is 14.5 Å². The molecule has 0 aliphatic carbocycles. The zero-order valence-electron chi connectivity index (χ0n) is 6.34. The van der Waals surface area contributed by atoms with Crippen molar-refractivity contribution in [2.75, 3.05) is 6.61 Å². The van der Waals surface area contributed by atoms with Crippen LogP contribution in [0.15, 0.2) is 18.2 Å². The molecule has 0 fully saturated rings. The number of hydrogen-bond acceptors (Lipinski definition) is 1. The van der Waals surface area contributed by atoms with Gasteiger partial charge in [-0.05, 0) is 24.5 Å². The molecule has 1 aromatic carbocycles. The topological polar surface area (TPSA) is 9.23 Å². The highest BCUT2D eigenvalue weighted by atomic mass is 16.5. The molecule has 2 heteroatoms. The van der Waals surface area contributed by atoms with Crippen molar-refractivity contribution < 1.29 is 4.74 Å². The van der Waals surface area contributed by atoms with E-state index in [1.807, 2.05) is 18.2 Å². The van der Waals surface area contributed by atoms with Gasteiger partial charge in [-0.15, -0.1) is 0 Å². The lowest BCUT2D eigenvalue weighted by Gasteiger charge is -2.17. The van der Waals surface area contributed by atoms with Gasteiger partial charge in [0.15, 0.2) is 0 Å². The maximum Gasteiger partial charge on any atom is 0.122 e. The van der Waals surface area contributed by atoms with Crippen molar-refractivity contribution in [3.8, 4) is 5.75 Å². The molecule has 1 aliphatic heterocycles. The van der Waals surface area contributed by atoms with Crippen LogP contribution in [0.1, 0.15) is 12.0 Å². The highest BCUT2D eigenvalue weighted by molar-refractivity contribution is 6.32. The third kappa shape index (κ3) is 1.25. The normalized spacial score (nSPS) is 15.3. The van der Waals surface area contributed by atoms with E-state index in [0.717, 1.165) is 30.7 Å². The Morgan fingerprint density at radius 3 is 3.18 bits per heavy atom. The Labute approximate surface area is 67.8 Å². The van der Waals surface area contributed by atoms with Crippen molar-refractivity contribution >= 4 is 13.3 Å². The summed E-state index contributed by atoms with van der Waals surface area (Å²) >= 11 is 0. The Bertz CT molecular complexity index is 270. The lowest BCUT2D eigenvalue weighted by Crippen LogP contribution is -2.12. The van der Waals surface area contributed by atoms with Crippen LogP contribution in [0.4, 0.5) is 0 Å². The van der Waals surface area contributed by atoms with Crippen molar-refractivity contribution in [2.45, 2.75) is 12.8 Å². The lowest BCUT2D eigenvalue weighted by atomic mass is 9.92. The molecule has 0 amide bonds. The molecule has 2 radical (unpaired) electrons. The molecular formula is C9H9BO. The van der Waals surface area contributed by atoms with E-state index in [2.05, 4.69) is 0 Å². The molecule has 0 bridgehead atoms. The summed E-state index contributed by atoms with van der Waals surface area (Å²) in [5.41, 5.74) is 2.07. The van der Waals surface area contributed by atoms with E-state index in [9.17, 15) is 0 Å². The van der Waals surface area contributed by atoms with Crippen LogP contribution in [0.25, 0.3) is 0 Å². The summed E-state index contributed by atoms with van der Waals surface area (Å²) in [4.78, 5) is 0. The first kappa shape index (κ1) is 6.77. The van der Waals surface area contributed by atoms with Crippen LogP contribution >= 0.6 is 0 Å². The van der Waals surface area contributed by atoms with Crippen molar-refractivity contribution in [1.82, 2.24) is 0 Å². The quantitative estimate of drug-likeness (QED) is 0.489. The zero-order valence-corrected chi connectivity index (χ0v) is 6.34. The van der Waals surface area contributed by atoms with E-state index in [4.69, 9.17) is 12.6 Å². The molecule has 0 aromatic heterocycles. The molecule has 0 saturated carbocycles. The van der Waals surface area contributed by atoms with E-state index in [-0.39, 0.29) is 0 Å². The average molecular weight is 144 g/mol. The molecular weight excluding hydrogens is 135 g/mol. The van der Waals surface area contributed by atoms with Gasteiger partial charge in [0, 0.05) is 0 Å². The second kappa shape index (κ2) is 2.61. The molecule has 0 N–H and O–H groups in total. The number of hydrogen-bond donors (Lipinski definition) is 0. The molecule has 1 aromatic rings. The van der Waals surface area contributed by atoms with Crippen molar-refractivity contribution in [3.63, 3.8) is 0 Å². The molecule has 0 spiro atoms. The molecule has 11 heavy (non-hydrogen) atoms. The molecule has 0 atom stereocenters. The number of benzene rings is 1. The van der Waals surface area contributed by atoms with Gasteiger partial charge in [-0.2, -0.15) is 0 Å². The number of fused-ring (bicyclic) bond motifs is 1. The zero-order chi connectivity index (χ0) is 7.68. The van der Waals surface area contributed by atoms with E-state index >= 15 is 0 Å². The fourth-order valence-corrected chi connectivity index (χ4v) is 1.38. The molecule has 0 saturated heterocycles. The Balaban J connectivity index is 2.43. The van der Waals surface area contributed by atoms with Gasteiger partial charge in [-0.3, -0.25) is 0 Å². The van der Waals surface area contributed by atoms with Crippen LogP contribution < -0.4 is 10.2 Å². The molecule has 54 valence electrons. The van der Waals surface area contributed by atoms with Crippen LogP contribution in [0, 0.1) is 0 Å². The molecule has 1 aliphatic rings. The molecule has 2 rings (SSSR count). The van der Waals surface area contributed by atoms with Crippen molar-refractivity contribution in [1.29, 1.82) is 0 Å². The second-order valence-corrected chi connectivity index (χ2v) is 2.82. The van der Waals surface area contributed by atoms with Crippen LogP contribution in [0.3, 0.4) is 0 Å². The maximum atomic E-state index is 5.63. The monoisotopic (exact) mass is 144 g/mol. The van der Waals surface area contributed by atoms with E-state index in [1.165, 1.54) is 5.56 Å². The third-order valence-electron chi connectivity index (χ3n) is 1.93. The Kier molecular flexibility index (Phi) is 1.61. The largest absolute Gasteiger partial charge is 0.493 e. The first-order valence-corrected chi connectivity index (χ1v) is 3.87. The van der Waals surface area contributed by atoms with Crippen LogP contribution in [-0.2, 0) is 6.42 Å². The van der Waals surface area contributed by atoms with Gasteiger partial charge >= 0.3 is 0 Å². The first-order chi connectivity index (χ1) is 5.36. The summed E-state index contributed by atoms with van der Waals surface area (Å²) in [6, 6.07) is 5.82. The van der Waals surface area contributed by atoms with Crippen molar-refractivity contribution in [3.05, 3.63) is 23.8 Å². The second-order valence-electron chi connectivity index (χ2n) is 2.82. The minimum atomic E-state index is 0.828. The van der Waals surface area contributed by atoms with Gasteiger partial charge in [0.1, 0.15) is 13.6 Å². The predicted molar refractivity (Wildman–Crippen MR) is 45.6 cm³/mol. The smallest absolute Gasteiger partial charge is 0.122 e. The maximum absolute atomic E-state index is 5.63. The summed E-state index contributed by atoms with van der Waals surface area (Å²) in [7, 11) is 5.63. The highest BCUT2D eigenvalue weighted by Crippen LogP contribution is 2.22. The van der Waals surface area contributed by atoms with Gasteiger partial charge in [0.25, 0.3) is 0 Å². The standard InChI is InChI=1S/C9H9BO/c10-8-3-4-9-7(6-8)2-1-5-11-9/h3-4,6H,1-2,5H2. The fraction of sp³-hybridized carbons (Fsp3) is 0.333. The number of ether oxygens (including phenoxy) is 1. The SMILES string of the molecule is [B]c1ccc2c(c1)CCCO2. The molecule has 0 unspecified atom stereocenters. The third-order valence-corrected chi connectivity index (χ3v) is 1.93. The number of rotatable bonds is 0. The number of aryl methyl sites for hydroxylation is 1. The summed E-state index contributed by atoms with van der Waals surface area (Å²) in [5.74, 6) is 1.01. The molecule has 1 heterocycles. The van der Waals surface area contributed by atoms with Crippen molar-refractivity contribution in [2.24, 2.45) is 0 Å². The van der Waals surface area contributed by atoms with E-state index in [0.29, 0.717) is 0 Å². The summed E-state index contributed by atoms with van der Waals surface area (Å²) in [6.45, 7) is 0.844. The summed E-state index contributed by atoms with van der Waals surface area (Å²) < 4.78 is 5.42.